The van der Waals surface area contributed by atoms with E-state index in [0.717, 1.165) is 11.5 Å². The fraction of sp³-hybridized carbons (Fsp3) is 0.571. The van der Waals surface area contributed by atoms with Gasteiger partial charge in [0.1, 0.15) is 18.1 Å². The summed E-state index contributed by atoms with van der Waals surface area (Å²) in [4.78, 5) is 0. The van der Waals surface area contributed by atoms with Crippen molar-refractivity contribution in [3.05, 3.63) is 24.3 Å². The van der Waals surface area contributed by atoms with Crippen LogP contribution >= 0.6 is 0 Å². The van der Waals surface area contributed by atoms with E-state index < -0.39 is 12.6 Å². The number of methoxy groups -OCH3 is 1. The number of ether oxygens (including phenoxy) is 2. The molecule has 0 unspecified atom stereocenters. The Morgan fingerprint density at radius 1 is 1.00 bits per heavy atom. The normalized spacial score (nSPS) is 11.4. The van der Waals surface area contributed by atoms with Gasteiger partial charge in [0, 0.05) is 13.0 Å². The molecule has 114 valence electrons. The molecule has 0 bridgehead atoms. The molecule has 0 radical (unpaired) electrons. The molecule has 20 heavy (non-hydrogen) atoms. The molecule has 0 saturated heterocycles. The topological polar surface area (TPSA) is 30.5 Å². The van der Waals surface area contributed by atoms with Crippen molar-refractivity contribution in [1.82, 2.24) is 5.32 Å². The molecule has 1 aromatic rings. The molecule has 0 spiro atoms. The zero-order valence-electron chi connectivity index (χ0n) is 11.5. The highest BCUT2D eigenvalue weighted by molar-refractivity contribution is 5.31. The van der Waals surface area contributed by atoms with Crippen LogP contribution in [-0.4, -0.2) is 33.0 Å². The molecular formula is C14H20F3NO2. The van der Waals surface area contributed by atoms with Crippen LogP contribution in [0, 0.1) is 0 Å². The van der Waals surface area contributed by atoms with Crippen LogP contribution in [0.2, 0.25) is 0 Å². The summed E-state index contributed by atoms with van der Waals surface area (Å²) in [6.07, 6.45) is -4.08. The van der Waals surface area contributed by atoms with Gasteiger partial charge in [-0.05, 0) is 43.7 Å². The van der Waals surface area contributed by atoms with Gasteiger partial charge >= 0.3 is 6.18 Å². The van der Waals surface area contributed by atoms with Gasteiger partial charge in [-0.3, -0.25) is 0 Å². The van der Waals surface area contributed by atoms with Crippen LogP contribution in [0.3, 0.4) is 0 Å². The first kappa shape index (κ1) is 16.6. The van der Waals surface area contributed by atoms with Gasteiger partial charge < -0.3 is 14.8 Å². The highest BCUT2D eigenvalue weighted by Crippen LogP contribution is 2.21. The third kappa shape index (κ3) is 7.89. The Morgan fingerprint density at radius 3 is 2.25 bits per heavy atom. The van der Waals surface area contributed by atoms with Gasteiger partial charge in [0.2, 0.25) is 0 Å². The Kier molecular flexibility index (Phi) is 7.22. The van der Waals surface area contributed by atoms with Gasteiger partial charge in [-0.15, -0.1) is 0 Å². The second kappa shape index (κ2) is 8.68. The molecular weight excluding hydrogens is 271 g/mol. The molecule has 6 heteroatoms. The van der Waals surface area contributed by atoms with Gasteiger partial charge in [-0.2, -0.15) is 13.2 Å². The first-order valence-corrected chi connectivity index (χ1v) is 6.55. The molecule has 0 aromatic heterocycles. The van der Waals surface area contributed by atoms with Crippen LogP contribution in [0.15, 0.2) is 24.3 Å². The summed E-state index contributed by atoms with van der Waals surface area (Å²) >= 11 is 0. The number of alkyl halides is 3. The number of rotatable bonds is 9. The maximum atomic E-state index is 11.9. The summed E-state index contributed by atoms with van der Waals surface area (Å²) in [5, 5.41) is 3.05. The fourth-order valence-electron chi connectivity index (χ4n) is 1.61. The van der Waals surface area contributed by atoms with E-state index >= 15 is 0 Å². The van der Waals surface area contributed by atoms with E-state index in [-0.39, 0.29) is 6.42 Å². The van der Waals surface area contributed by atoms with Gasteiger partial charge in [-0.1, -0.05) is 0 Å². The second-order valence-electron chi connectivity index (χ2n) is 4.35. The maximum absolute atomic E-state index is 11.9. The molecule has 0 aliphatic carbocycles. The quantitative estimate of drug-likeness (QED) is 0.707. The lowest BCUT2D eigenvalue weighted by Crippen LogP contribution is -2.22. The molecule has 1 aromatic carbocycles. The Morgan fingerprint density at radius 2 is 1.65 bits per heavy atom. The lowest BCUT2D eigenvalue weighted by Gasteiger charge is -2.09. The SMILES string of the molecule is COc1ccc(OCCNCCCCC(F)(F)F)cc1. The van der Waals surface area contributed by atoms with E-state index in [4.69, 9.17) is 9.47 Å². The molecule has 0 heterocycles. The molecule has 0 aliphatic rings. The lowest BCUT2D eigenvalue weighted by molar-refractivity contribution is -0.135. The largest absolute Gasteiger partial charge is 0.497 e. The van der Waals surface area contributed by atoms with Crippen LogP contribution < -0.4 is 14.8 Å². The van der Waals surface area contributed by atoms with E-state index in [0.29, 0.717) is 26.1 Å². The van der Waals surface area contributed by atoms with Crippen LogP contribution in [0.4, 0.5) is 13.2 Å². The minimum Gasteiger partial charge on any atom is -0.497 e. The zero-order chi connectivity index (χ0) is 14.8. The van der Waals surface area contributed by atoms with Crippen molar-refractivity contribution < 1.29 is 22.6 Å². The molecule has 0 atom stereocenters. The van der Waals surface area contributed by atoms with E-state index in [9.17, 15) is 13.2 Å². The van der Waals surface area contributed by atoms with Crippen LogP contribution in [0.25, 0.3) is 0 Å². The first-order valence-electron chi connectivity index (χ1n) is 6.55. The van der Waals surface area contributed by atoms with Gasteiger partial charge in [0.05, 0.1) is 7.11 Å². The van der Waals surface area contributed by atoms with Crippen molar-refractivity contribution in [2.75, 3.05) is 26.8 Å². The predicted octanol–water partition coefficient (Wildman–Crippen LogP) is 3.40. The Labute approximate surface area is 117 Å². The van der Waals surface area contributed by atoms with E-state index in [1.807, 2.05) is 12.1 Å². The standard InChI is InChI=1S/C14H20F3NO2/c1-19-12-4-6-13(7-5-12)20-11-10-18-9-3-2-8-14(15,16)17/h4-7,18H,2-3,8-11H2,1H3. The third-order valence-electron chi connectivity index (χ3n) is 2.67. The van der Waals surface area contributed by atoms with Crippen LogP contribution in [0.1, 0.15) is 19.3 Å². The molecule has 3 nitrogen and oxygen atoms in total. The highest BCUT2D eigenvalue weighted by atomic mass is 19.4. The lowest BCUT2D eigenvalue weighted by atomic mass is 10.2. The third-order valence-corrected chi connectivity index (χ3v) is 2.67. The second-order valence-corrected chi connectivity index (χ2v) is 4.35. The summed E-state index contributed by atoms with van der Waals surface area (Å²) < 4.78 is 46.1. The number of hydrogen-bond donors (Lipinski definition) is 1. The molecule has 1 rings (SSSR count). The number of unbranched alkanes of at least 4 members (excludes halogenated alkanes) is 1. The van der Waals surface area contributed by atoms with E-state index in [1.165, 1.54) is 0 Å². The summed E-state index contributed by atoms with van der Waals surface area (Å²) in [6.45, 7) is 1.66. The van der Waals surface area contributed by atoms with Crippen molar-refractivity contribution in [3.63, 3.8) is 0 Å². The molecule has 0 amide bonds. The monoisotopic (exact) mass is 291 g/mol. The average molecular weight is 291 g/mol. The molecule has 0 saturated carbocycles. The summed E-state index contributed by atoms with van der Waals surface area (Å²) in [6, 6.07) is 7.23. The number of nitrogens with one attached hydrogen (secondary N) is 1. The summed E-state index contributed by atoms with van der Waals surface area (Å²) in [7, 11) is 1.60. The highest BCUT2D eigenvalue weighted by Gasteiger charge is 2.25. The van der Waals surface area contributed by atoms with E-state index in [1.54, 1.807) is 19.2 Å². The average Bonchev–Trinajstić information content (AvgIpc) is 2.41. The minimum atomic E-state index is -4.04. The van der Waals surface area contributed by atoms with Crippen molar-refractivity contribution in [2.45, 2.75) is 25.4 Å². The number of hydrogen-bond acceptors (Lipinski definition) is 3. The van der Waals surface area contributed by atoms with Gasteiger partial charge in [0.15, 0.2) is 0 Å². The van der Waals surface area contributed by atoms with E-state index in [2.05, 4.69) is 5.32 Å². The van der Waals surface area contributed by atoms with Crippen molar-refractivity contribution in [3.8, 4) is 11.5 Å². The first-order chi connectivity index (χ1) is 9.51. The van der Waals surface area contributed by atoms with Crippen LogP contribution in [-0.2, 0) is 0 Å². The summed E-state index contributed by atoms with van der Waals surface area (Å²) in [5.74, 6) is 1.50. The van der Waals surface area contributed by atoms with Crippen molar-refractivity contribution in [1.29, 1.82) is 0 Å². The molecule has 1 N–H and O–H groups in total. The minimum absolute atomic E-state index is 0.163. The van der Waals surface area contributed by atoms with Gasteiger partial charge in [-0.25, -0.2) is 0 Å². The Bertz CT molecular complexity index is 366. The van der Waals surface area contributed by atoms with Crippen LogP contribution in [0.5, 0.6) is 11.5 Å². The number of halogens is 3. The summed E-state index contributed by atoms with van der Waals surface area (Å²) in [5.41, 5.74) is 0. The zero-order valence-corrected chi connectivity index (χ0v) is 11.5. The molecule has 0 fully saturated rings. The van der Waals surface area contributed by atoms with Crippen molar-refractivity contribution >= 4 is 0 Å². The smallest absolute Gasteiger partial charge is 0.389 e. The molecule has 0 aliphatic heterocycles. The number of benzene rings is 1. The van der Waals surface area contributed by atoms with Crippen molar-refractivity contribution in [2.24, 2.45) is 0 Å². The Balaban J connectivity index is 1.99. The van der Waals surface area contributed by atoms with Gasteiger partial charge in [0.25, 0.3) is 0 Å². The maximum Gasteiger partial charge on any atom is 0.389 e. The Hall–Kier alpha value is -1.43. The fourth-order valence-corrected chi connectivity index (χ4v) is 1.61. The predicted molar refractivity (Wildman–Crippen MR) is 71.3 cm³/mol.